The molecule has 2 aromatic carbocycles. The third kappa shape index (κ3) is 9.57. The molecular formula is C36H48N6O8. The minimum atomic E-state index is -0.530. The highest BCUT2D eigenvalue weighted by Crippen LogP contribution is 2.29. The zero-order valence-corrected chi connectivity index (χ0v) is 29.2. The molecule has 270 valence electrons. The van der Waals surface area contributed by atoms with Gasteiger partial charge in [0.15, 0.2) is 5.84 Å². The lowest BCUT2D eigenvalue weighted by Gasteiger charge is -2.33. The van der Waals surface area contributed by atoms with E-state index in [1.165, 1.54) is 7.11 Å². The second-order valence-electron chi connectivity index (χ2n) is 13.9. The number of likely N-dealkylation sites (tertiary alicyclic amines) is 1. The van der Waals surface area contributed by atoms with Crippen LogP contribution >= 0.6 is 0 Å². The number of oxime groups is 1. The van der Waals surface area contributed by atoms with Crippen molar-refractivity contribution in [3.05, 3.63) is 53.9 Å². The minimum Gasteiger partial charge on any atom is -0.490 e. The predicted octanol–water partition coefficient (Wildman–Crippen LogP) is 4.58. The first-order valence-corrected chi connectivity index (χ1v) is 17.1. The van der Waals surface area contributed by atoms with Crippen LogP contribution in [0, 0.1) is 11.8 Å². The average molecular weight is 693 g/mol. The number of hydrogen-bond acceptors (Lipinski definition) is 10. The number of methoxy groups -OCH3 is 1. The zero-order chi connectivity index (χ0) is 35.8. The number of imidazole rings is 1. The fourth-order valence-corrected chi connectivity index (χ4v) is 6.35. The van der Waals surface area contributed by atoms with E-state index in [2.05, 4.69) is 10.5 Å². The number of piperidine rings is 1. The monoisotopic (exact) mass is 692 g/mol. The third-order valence-corrected chi connectivity index (χ3v) is 9.09. The number of amidine groups is 1. The van der Waals surface area contributed by atoms with E-state index in [0.717, 1.165) is 25.7 Å². The molecule has 2 heterocycles. The highest BCUT2D eigenvalue weighted by molar-refractivity contribution is 5.99. The summed E-state index contributed by atoms with van der Waals surface area (Å²) in [6.07, 6.45) is 4.30. The lowest BCUT2D eigenvalue weighted by Crippen LogP contribution is -2.44. The van der Waals surface area contributed by atoms with Crippen molar-refractivity contribution in [1.82, 2.24) is 19.8 Å². The smallest absolute Gasteiger partial charge is 0.410 e. The summed E-state index contributed by atoms with van der Waals surface area (Å²) in [7, 11) is 1.41. The molecule has 2 aliphatic rings. The summed E-state index contributed by atoms with van der Waals surface area (Å²) in [6, 6.07) is 12.5. The highest BCUT2D eigenvalue weighted by atomic mass is 16.6. The van der Waals surface area contributed by atoms with Gasteiger partial charge in [-0.15, -0.1) is 0 Å². The van der Waals surface area contributed by atoms with E-state index in [9.17, 15) is 14.4 Å². The number of nitrogens with one attached hydrogen (secondary N) is 1. The number of hydrogen-bond donors (Lipinski definition) is 3. The summed E-state index contributed by atoms with van der Waals surface area (Å²) in [5.41, 5.74) is 7.06. The Morgan fingerprint density at radius 2 is 1.68 bits per heavy atom. The number of amides is 2. The summed E-state index contributed by atoms with van der Waals surface area (Å²) in [4.78, 5) is 43.9. The maximum absolute atomic E-state index is 13.2. The van der Waals surface area contributed by atoms with Gasteiger partial charge in [0.2, 0.25) is 5.91 Å². The molecule has 4 N–H and O–H groups in total. The van der Waals surface area contributed by atoms with Crippen molar-refractivity contribution in [2.24, 2.45) is 22.7 Å². The highest BCUT2D eigenvalue weighted by Gasteiger charge is 2.29. The van der Waals surface area contributed by atoms with Crippen molar-refractivity contribution in [3.8, 4) is 11.5 Å². The number of fused-ring (bicyclic) bond motifs is 1. The molecule has 1 aromatic heterocycles. The van der Waals surface area contributed by atoms with Gasteiger partial charge in [-0.3, -0.25) is 9.59 Å². The maximum atomic E-state index is 13.2. The molecular weight excluding hydrogens is 644 g/mol. The van der Waals surface area contributed by atoms with Crippen LogP contribution in [-0.4, -0.2) is 81.9 Å². The second-order valence-corrected chi connectivity index (χ2v) is 13.9. The Bertz CT molecular complexity index is 1670. The van der Waals surface area contributed by atoms with Gasteiger partial charge < -0.3 is 44.7 Å². The maximum Gasteiger partial charge on any atom is 0.410 e. The molecule has 0 bridgehead atoms. The molecule has 3 aromatic rings. The quantitative estimate of drug-likeness (QED) is 0.0846. The summed E-state index contributed by atoms with van der Waals surface area (Å²) >= 11 is 0. The van der Waals surface area contributed by atoms with E-state index in [1.54, 1.807) is 27.7 Å². The molecule has 0 atom stereocenters. The Morgan fingerprint density at radius 1 is 1.00 bits per heavy atom. The summed E-state index contributed by atoms with van der Waals surface area (Å²) in [5, 5.41) is 15.3. The van der Waals surface area contributed by atoms with Crippen LogP contribution in [0.5, 0.6) is 11.5 Å². The SMILES string of the molecule is COC(=O)[C@H]1CC[C@H](CNC(=O)Cn2c(COc3ccc(OC4CCN(C(=O)OC(C)(C)C)CC4)cc3)nc3cc(C(N)=NO)ccc32)CC1. The van der Waals surface area contributed by atoms with Gasteiger partial charge in [0.1, 0.15) is 42.2 Å². The van der Waals surface area contributed by atoms with Crippen LogP contribution < -0.4 is 20.5 Å². The van der Waals surface area contributed by atoms with Crippen LogP contribution in [0.15, 0.2) is 47.6 Å². The predicted molar refractivity (Wildman–Crippen MR) is 185 cm³/mol. The molecule has 2 fully saturated rings. The van der Waals surface area contributed by atoms with Crippen molar-refractivity contribution in [2.75, 3.05) is 26.7 Å². The summed E-state index contributed by atoms with van der Waals surface area (Å²) < 4.78 is 24.5. The summed E-state index contributed by atoms with van der Waals surface area (Å²) in [6.45, 7) is 7.34. The Morgan fingerprint density at radius 3 is 2.32 bits per heavy atom. The van der Waals surface area contributed by atoms with Crippen molar-refractivity contribution in [3.63, 3.8) is 0 Å². The van der Waals surface area contributed by atoms with Gasteiger partial charge in [-0.2, -0.15) is 0 Å². The molecule has 0 unspecified atom stereocenters. The van der Waals surface area contributed by atoms with E-state index in [-0.39, 0.29) is 49.0 Å². The fraction of sp³-hybridized carbons (Fsp3) is 0.528. The third-order valence-electron chi connectivity index (χ3n) is 9.09. The first kappa shape index (κ1) is 36.3. The van der Waals surface area contributed by atoms with E-state index in [1.807, 2.05) is 45.0 Å². The van der Waals surface area contributed by atoms with E-state index >= 15 is 0 Å². The van der Waals surface area contributed by atoms with Crippen LogP contribution in [0.3, 0.4) is 0 Å². The Labute approximate surface area is 291 Å². The van der Waals surface area contributed by atoms with Gasteiger partial charge in [-0.05, 0) is 94.8 Å². The van der Waals surface area contributed by atoms with Gasteiger partial charge in [0, 0.05) is 38.0 Å². The van der Waals surface area contributed by atoms with Crippen molar-refractivity contribution < 1.29 is 38.5 Å². The molecule has 14 nitrogen and oxygen atoms in total. The number of ether oxygens (including phenoxy) is 4. The standard InChI is InChI=1S/C36H48N6O8/c1-36(2,3)50-35(45)41-17-15-28(16-18-41)49-27-12-10-26(11-13-27)48-22-31-39-29-19-25(33(37)40-46)9-14-30(29)42(31)21-32(43)38-20-23-5-7-24(8-6-23)34(44)47-4/h9-14,19,23-24,28,46H,5-8,15-18,20-22H2,1-4H3,(H2,37,40)(H,38,43)/t23-,24-. The Kier molecular flexibility index (Phi) is 11.7. The van der Waals surface area contributed by atoms with Crippen molar-refractivity contribution in [2.45, 2.75) is 84.2 Å². The first-order valence-electron chi connectivity index (χ1n) is 17.1. The number of esters is 1. The van der Waals surface area contributed by atoms with E-state index in [0.29, 0.717) is 72.3 Å². The molecule has 0 radical (unpaired) electrons. The molecule has 5 rings (SSSR count). The second kappa shape index (κ2) is 16.1. The number of carbonyl (C=O) groups is 3. The van der Waals surface area contributed by atoms with Gasteiger partial charge >= 0.3 is 12.1 Å². The fourth-order valence-electron chi connectivity index (χ4n) is 6.35. The largest absolute Gasteiger partial charge is 0.490 e. The van der Waals surface area contributed by atoms with Crippen LogP contribution in [-0.2, 0) is 32.2 Å². The lowest BCUT2D eigenvalue weighted by atomic mass is 9.82. The van der Waals surface area contributed by atoms with Crippen LogP contribution in [0.4, 0.5) is 4.79 Å². The van der Waals surface area contributed by atoms with E-state index in [4.69, 9.17) is 34.9 Å². The van der Waals surface area contributed by atoms with Crippen LogP contribution in [0.1, 0.15) is 70.7 Å². The molecule has 1 aliphatic carbocycles. The zero-order valence-electron chi connectivity index (χ0n) is 29.2. The first-order chi connectivity index (χ1) is 23.9. The van der Waals surface area contributed by atoms with Crippen LogP contribution in [0.2, 0.25) is 0 Å². The average Bonchev–Trinajstić information content (AvgIpc) is 3.45. The number of aromatic nitrogens is 2. The van der Waals surface area contributed by atoms with Crippen LogP contribution in [0.25, 0.3) is 11.0 Å². The lowest BCUT2D eigenvalue weighted by molar-refractivity contribution is -0.146. The molecule has 1 saturated heterocycles. The number of nitrogens with two attached hydrogens (primary N) is 1. The normalized spacial score (nSPS) is 18.8. The van der Waals surface area contributed by atoms with E-state index < -0.39 is 5.60 Å². The number of nitrogens with zero attached hydrogens (tertiary/aromatic N) is 4. The van der Waals surface area contributed by atoms with Crippen molar-refractivity contribution >= 4 is 34.8 Å². The van der Waals surface area contributed by atoms with Crippen molar-refractivity contribution in [1.29, 1.82) is 0 Å². The molecule has 14 heteroatoms. The molecule has 1 saturated carbocycles. The molecule has 0 spiro atoms. The summed E-state index contributed by atoms with van der Waals surface area (Å²) in [5.74, 6) is 1.68. The Balaban J connectivity index is 1.18. The molecule has 1 aliphatic heterocycles. The van der Waals surface area contributed by atoms with Gasteiger partial charge in [-0.1, -0.05) is 5.16 Å². The minimum absolute atomic E-state index is 0.0174. The van der Waals surface area contributed by atoms with Gasteiger partial charge in [-0.25, -0.2) is 9.78 Å². The van der Waals surface area contributed by atoms with Gasteiger partial charge in [0.25, 0.3) is 0 Å². The Hall–Kier alpha value is -5.01. The number of rotatable bonds is 11. The number of carbonyl (C=O) groups excluding carboxylic acids is 3. The molecule has 50 heavy (non-hydrogen) atoms. The number of benzene rings is 2. The molecule has 2 amide bonds. The topological polar surface area (TPSA) is 180 Å². The van der Waals surface area contributed by atoms with Gasteiger partial charge in [0.05, 0.1) is 24.1 Å².